The Hall–Kier alpha value is -1.56. The highest BCUT2D eigenvalue weighted by molar-refractivity contribution is 9.10. The normalized spacial score (nSPS) is 10.7. The molecule has 20 heavy (non-hydrogen) atoms. The van der Waals surface area contributed by atoms with E-state index in [-0.39, 0.29) is 11.5 Å². The summed E-state index contributed by atoms with van der Waals surface area (Å²) >= 11 is 3.09. The van der Waals surface area contributed by atoms with Gasteiger partial charge in [0.1, 0.15) is 5.82 Å². The van der Waals surface area contributed by atoms with Crippen LogP contribution >= 0.6 is 15.9 Å². The molecule has 1 N–H and O–H groups in total. The van der Waals surface area contributed by atoms with E-state index in [1.807, 2.05) is 6.92 Å². The van der Waals surface area contributed by atoms with Crippen LogP contribution in [0.2, 0.25) is 0 Å². The quantitative estimate of drug-likeness (QED) is 0.900. The molecule has 0 spiro atoms. The molecule has 0 radical (unpaired) electrons. The van der Waals surface area contributed by atoms with Crippen LogP contribution in [-0.2, 0) is 0 Å². The summed E-state index contributed by atoms with van der Waals surface area (Å²) in [6.45, 7) is 4.15. The van der Waals surface area contributed by atoms with E-state index in [0.717, 1.165) is 6.42 Å². The summed E-state index contributed by atoms with van der Waals surface area (Å²) in [7, 11) is 0. The van der Waals surface area contributed by atoms with Crippen molar-refractivity contribution in [3.63, 3.8) is 0 Å². The van der Waals surface area contributed by atoms with Crippen LogP contribution in [0.25, 0.3) is 11.4 Å². The molecule has 0 atom stereocenters. The number of hydrogen-bond acceptors (Lipinski definition) is 3. The van der Waals surface area contributed by atoms with Gasteiger partial charge in [-0.2, -0.15) is 0 Å². The minimum Gasteiger partial charge on any atom is -0.368 e. The lowest BCUT2D eigenvalue weighted by molar-refractivity contribution is 0.605. The number of hydrogen-bond donors (Lipinski definition) is 1. The largest absolute Gasteiger partial charge is 0.368 e. The van der Waals surface area contributed by atoms with Gasteiger partial charge in [0.15, 0.2) is 17.5 Å². The number of aromatic nitrogens is 2. The van der Waals surface area contributed by atoms with Gasteiger partial charge in [0.25, 0.3) is 0 Å². The Kier molecular flexibility index (Phi) is 4.65. The van der Waals surface area contributed by atoms with Gasteiger partial charge in [-0.3, -0.25) is 0 Å². The van der Waals surface area contributed by atoms with Crippen LogP contribution < -0.4 is 5.32 Å². The second-order valence-electron chi connectivity index (χ2n) is 4.35. The molecule has 0 aliphatic rings. The van der Waals surface area contributed by atoms with Crippen LogP contribution in [0.5, 0.6) is 0 Å². The Labute approximate surface area is 124 Å². The number of aryl methyl sites for hydroxylation is 1. The number of rotatable bonds is 4. The lowest BCUT2D eigenvalue weighted by Crippen LogP contribution is -2.08. The highest BCUT2D eigenvalue weighted by Crippen LogP contribution is 2.24. The van der Waals surface area contributed by atoms with Crippen molar-refractivity contribution in [1.82, 2.24) is 9.97 Å². The summed E-state index contributed by atoms with van der Waals surface area (Å²) in [4.78, 5) is 8.21. The monoisotopic (exact) mass is 341 g/mol. The molecule has 3 nitrogen and oxygen atoms in total. The van der Waals surface area contributed by atoms with Gasteiger partial charge in [-0.15, -0.1) is 0 Å². The van der Waals surface area contributed by atoms with Crippen molar-refractivity contribution in [1.29, 1.82) is 0 Å². The highest BCUT2D eigenvalue weighted by atomic mass is 79.9. The Morgan fingerprint density at radius 1 is 1.25 bits per heavy atom. The van der Waals surface area contributed by atoms with Crippen LogP contribution in [0, 0.1) is 18.6 Å². The van der Waals surface area contributed by atoms with Crippen LogP contribution in [0.1, 0.15) is 19.0 Å². The second kappa shape index (κ2) is 6.26. The van der Waals surface area contributed by atoms with E-state index in [0.29, 0.717) is 22.4 Å². The molecule has 0 saturated heterocycles. The van der Waals surface area contributed by atoms with E-state index in [9.17, 15) is 8.78 Å². The van der Waals surface area contributed by atoms with E-state index in [4.69, 9.17) is 0 Å². The van der Waals surface area contributed by atoms with Crippen LogP contribution in [0.3, 0.4) is 0 Å². The van der Waals surface area contributed by atoms with Crippen molar-refractivity contribution in [2.75, 3.05) is 11.9 Å². The first-order valence-electron chi connectivity index (χ1n) is 6.26. The van der Waals surface area contributed by atoms with E-state index in [1.165, 1.54) is 6.07 Å². The minimum absolute atomic E-state index is 0.151. The molecule has 6 heteroatoms. The van der Waals surface area contributed by atoms with Crippen molar-refractivity contribution in [2.45, 2.75) is 20.3 Å². The van der Waals surface area contributed by atoms with Gasteiger partial charge in [0, 0.05) is 12.1 Å². The first-order chi connectivity index (χ1) is 9.52. The molecule has 0 saturated carbocycles. The zero-order chi connectivity index (χ0) is 14.7. The van der Waals surface area contributed by atoms with Crippen molar-refractivity contribution in [3.8, 4) is 11.4 Å². The van der Waals surface area contributed by atoms with Gasteiger partial charge in [0.05, 0.1) is 10.2 Å². The predicted molar refractivity (Wildman–Crippen MR) is 78.6 cm³/mol. The van der Waals surface area contributed by atoms with Gasteiger partial charge in [-0.05, 0) is 47.5 Å². The fraction of sp³-hybridized carbons (Fsp3) is 0.286. The number of halogens is 3. The van der Waals surface area contributed by atoms with Crippen LogP contribution in [0.4, 0.5) is 14.6 Å². The van der Waals surface area contributed by atoms with Crippen LogP contribution in [0.15, 0.2) is 22.7 Å². The smallest absolute Gasteiger partial charge is 0.186 e. The highest BCUT2D eigenvalue weighted by Gasteiger charge is 2.13. The average molecular weight is 342 g/mol. The maximum atomic E-state index is 13.9. The fourth-order valence-corrected chi connectivity index (χ4v) is 1.93. The number of benzene rings is 1. The molecule has 0 aliphatic heterocycles. The zero-order valence-electron chi connectivity index (χ0n) is 11.2. The summed E-state index contributed by atoms with van der Waals surface area (Å²) in [5.74, 6) is -0.428. The van der Waals surface area contributed by atoms with Crippen LogP contribution in [-0.4, -0.2) is 16.5 Å². The summed E-state index contributed by atoms with van der Waals surface area (Å²) in [5.41, 5.74) is 0.741. The van der Waals surface area contributed by atoms with Gasteiger partial charge in [-0.1, -0.05) is 6.92 Å². The maximum absolute atomic E-state index is 13.9. The first-order valence-corrected chi connectivity index (χ1v) is 7.05. The molecule has 1 aromatic carbocycles. The molecule has 0 amide bonds. The van der Waals surface area contributed by atoms with E-state index in [2.05, 4.69) is 31.2 Å². The Bertz CT molecular complexity index is 632. The maximum Gasteiger partial charge on any atom is 0.186 e. The molecule has 2 aromatic rings. The molecule has 0 fully saturated rings. The third-order valence-corrected chi connectivity index (χ3v) is 3.38. The van der Waals surface area contributed by atoms with E-state index in [1.54, 1.807) is 19.1 Å². The SMILES string of the molecule is CCCNc1nc(-c2ccc(Br)c(F)c2)nc(C)c1F. The molecule has 0 unspecified atom stereocenters. The standard InChI is InChI=1S/C14H14BrF2N3/c1-3-6-18-14-12(17)8(2)19-13(20-14)9-4-5-10(15)11(16)7-9/h4-5,7H,3,6H2,1-2H3,(H,18,19,20). The Morgan fingerprint density at radius 3 is 2.65 bits per heavy atom. The van der Waals surface area contributed by atoms with Crippen molar-refractivity contribution < 1.29 is 8.78 Å². The fourth-order valence-electron chi connectivity index (χ4n) is 1.68. The lowest BCUT2D eigenvalue weighted by atomic mass is 10.2. The molecule has 2 rings (SSSR count). The van der Waals surface area contributed by atoms with Crippen molar-refractivity contribution in [3.05, 3.63) is 40.0 Å². The van der Waals surface area contributed by atoms with Gasteiger partial charge in [-0.25, -0.2) is 18.7 Å². The summed E-state index contributed by atoms with van der Waals surface area (Å²) < 4.78 is 27.8. The third-order valence-electron chi connectivity index (χ3n) is 2.74. The minimum atomic E-state index is -0.472. The van der Waals surface area contributed by atoms with Gasteiger partial charge in [0.2, 0.25) is 0 Å². The Balaban J connectivity index is 2.45. The topological polar surface area (TPSA) is 37.8 Å². The molecule has 106 valence electrons. The number of anilines is 1. The summed E-state index contributed by atoms with van der Waals surface area (Å²) in [6, 6.07) is 4.58. The first kappa shape index (κ1) is 14.8. The molecule has 0 bridgehead atoms. The third kappa shape index (κ3) is 3.12. The number of nitrogens with one attached hydrogen (secondary N) is 1. The van der Waals surface area contributed by atoms with Crippen molar-refractivity contribution >= 4 is 21.7 Å². The molecular formula is C14H14BrF2N3. The summed E-state index contributed by atoms with van der Waals surface area (Å²) in [6.07, 6.45) is 0.852. The lowest BCUT2D eigenvalue weighted by Gasteiger charge is -2.10. The number of nitrogens with zero attached hydrogens (tertiary/aromatic N) is 2. The second-order valence-corrected chi connectivity index (χ2v) is 5.21. The van der Waals surface area contributed by atoms with E-state index < -0.39 is 11.6 Å². The average Bonchev–Trinajstić information content (AvgIpc) is 2.43. The molecular weight excluding hydrogens is 328 g/mol. The van der Waals surface area contributed by atoms with Gasteiger partial charge >= 0.3 is 0 Å². The molecule has 1 heterocycles. The van der Waals surface area contributed by atoms with E-state index >= 15 is 0 Å². The van der Waals surface area contributed by atoms with Crippen molar-refractivity contribution in [2.24, 2.45) is 0 Å². The zero-order valence-corrected chi connectivity index (χ0v) is 12.8. The molecule has 1 aromatic heterocycles. The Morgan fingerprint density at radius 2 is 2.00 bits per heavy atom. The summed E-state index contributed by atoms with van der Waals surface area (Å²) in [5, 5.41) is 2.91. The van der Waals surface area contributed by atoms with Gasteiger partial charge < -0.3 is 5.32 Å². The molecule has 0 aliphatic carbocycles. The predicted octanol–water partition coefficient (Wildman–Crippen LogP) is 4.31.